The van der Waals surface area contributed by atoms with Gasteiger partial charge in [-0.3, -0.25) is 4.99 Å². The molecule has 1 atom stereocenters. The van der Waals surface area contributed by atoms with Gasteiger partial charge in [-0.05, 0) is 36.8 Å². The molecule has 1 aliphatic heterocycles. The monoisotopic (exact) mass is 425 g/mol. The second-order valence-corrected chi connectivity index (χ2v) is 8.59. The van der Waals surface area contributed by atoms with E-state index in [9.17, 15) is 4.39 Å². The van der Waals surface area contributed by atoms with E-state index in [1.54, 1.807) is 30.1 Å². The minimum atomic E-state index is -0.197. The molecule has 7 heteroatoms. The molecule has 0 fully saturated rings. The van der Waals surface area contributed by atoms with Crippen LogP contribution in [0.5, 0.6) is 11.5 Å². The van der Waals surface area contributed by atoms with Crippen molar-refractivity contribution in [2.24, 2.45) is 4.99 Å². The second kappa shape index (κ2) is 9.33. The molecule has 29 heavy (non-hydrogen) atoms. The number of nitrogens with one attached hydrogen (secondary N) is 1. The number of thioether (sulfide) groups is 2. The molecule has 3 aromatic rings. The van der Waals surface area contributed by atoms with E-state index in [1.165, 1.54) is 17.8 Å². The van der Waals surface area contributed by atoms with Gasteiger partial charge in [-0.15, -0.1) is 11.8 Å². The zero-order chi connectivity index (χ0) is 20.1. The lowest BCUT2D eigenvalue weighted by Gasteiger charge is -2.13. The maximum absolute atomic E-state index is 13.9. The fraction of sp³-hybridized carbons (Fsp3) is 0.182. The summed E-state index contributed by atoms with van der Waals surface area (Å²) in [5.74, 6) is 3.22. The van der Waals surface area contributed by atoms with Crippen LogP contribution in [-0.4, -0.2) is 21.9 Å². The van der Waals surface area contributed by atoms with Crippen LogP contribution in [0.2, 0.25) is 0 Å². The van der Waals surface area contributed by atoms with Crippen LogP contribution < -0.4 is 10.1 Å². The molecule has 1 aromatic heterocycles. The summed E-state index contributed by atoms with van der Waals surface area (Å²) in [7, 11) is 0. The summed E-state index contributed by atoms with van der Waals surface area (Å²) >= 11 is 3.19. The largest absolute Gasteiger partial charge is 0.453 e. The molecular formula is C22H20FN3OS2. The number of hydrogen-bond acceptors (Lipinski definition) is 6. The molecule has 0 radical (unpaired) electrons. The van der Waals surface area contributed by atoms with E-state index in [2.05, 4.69) is 22.2 Å². The van der Waals surface area contributed by atoms with Crippen LogP contribution in [0.4, 0.5) is 10.2 Å². The molecule has 0 bridgehead atoms. The van der Waals surface area contributed by atoms with Crippen molar-refractivity contribution in [2.75, 3.05) is 11.1 Å². The van der Waals surface area contributed by atoms with Crippen LogP contribution in [0.3, 0.4) is 0 Å². The van der Waals surface area contributed by atoms with Crippen LogP contribution in [0.15, 0.2) is 76.7 Å². The Morgan fingerprint density at radius 2 is 1.97 bits per heavy atom. The van der Waals surface area contributed by atoms with Gasteiger partial charge in [-0.2, -0.15) is 0 Å². The van der Waals surface area contributed by atoms with Crippen LogP contribution >= 0.6 is 23.5 Å². The number of para-hydroxylation sites is 1. The zero-order valence-corrected chi connectivity index (χ0v) is 17.5. The number of hydrogen-bond donors (Lipinski definition) is 1. The van der Waals surface area contributed by atoms with E-state index in [0.29, 0.717) is 22.9 Å². The van der Waals surface area contributed by atoms with Gasteiger partial charge < -0.3 is 10.1 Å². The summed E-state index contributed by atoms with van der Waals surface area (Å²) in [5.41, 5.74) is 0.663. The Labute approximate surface area is 178 Å². The van der Waals surface area contributed by atoms with Crippen molar-refractivity contribution < 1.29 is 9.13 Å². The van der Waals surface area contributed by atoms with Gasteiger partial charge in [0.1, 0.15) is 11.6 Å². The third-order valence-corrected chi connectivity index (χ3v) is 6.32. The Kier molecular flexibility index (Phi) is 6.36. The zero-order valence-electron chi connectivity index (χ0n) is 15.8. The lowest BCUT2D eigenvalue weighted by molar-refractivity contribution is 0.481. The van der Waals surface area contributed by atoms with Crippen molar-refractivity contribution in [3.8, 4) is 11.5 Å². The number of nitrogens with zero attached hydrogens (tertiary/aromatic N) is 2. The molecule has 4 nitrogen and oxygen atoms in total. The van der Waals surface area contributed by atoms with Crippen molar-refractivity contribution in [3.05, 3.63) is 78.2 Å². The Morgan fingerprint density at radius 1 is 1.17 bits per heavy atom. The third-order valence-electron chi connectivity index (χ3n) is 4.18. The van der Waals surface area contributed by atoms with Crippen LogP contribution in [0, 0.1) is 5.82 Å². The van der Waals surface area contributed by atoms with E-state index < -0.39 is 0 Å². The average molecular weight is 426 g/mol. The Balaban J connectivity index is 1.56. The lowest BCUT2D eigenvalue weighted by Crippen LogP contribution is -2.08. The molecule has 2 aromatic carbocycles. The highest BCUT2D eigenvalue weighted by Gasteiger charge is 2.17. The highest BCUT2D eigenvalue weighted by molar-refractivity contribution is 8.14. The molecule has 1 unspecified atom stereocenters. The van der Waals surface area contributed by atoms with Gasteiger partial charge in [0.25, 0.3) is 0 Å². The van der Waals surface area contributed by atoms with Crippen LogP contribution in [0.25, 0.3) is 0 Å². The maximum atomic E-state index is 13.9. The fourth-order valence-electron chi connectivity index (χ4n) is 2.71. The van der Waals surface area contributed by atoms with E-state index in [1.807, 2.05) is 42.5 Å². The minimum absolute atomic E-state index is 0.197. The summed E-state index contributed by atoms with van der Waals surface area (Å²) in [4.78, 5) is 10.0. The van der Waals surface area contributed by atoms with Crippen LogP contribution in [-0.2, 0) is 5.75 Å². The standard InChI is InChI=1S/C22H20FN3OS2/c1-15-13-29-22(25-15)26-21-20(27-17-8-3-2-4-9-17)11-18(12-24-21)28-14-16-7-5-6-10-19(16)23/h2-12,15H,13-14H2,1H3,(H,24,25,26). The highest BCUT2D eigenvalue weighted by atomic mass is 32.2. The number of amidine groups is 1. The van der Waals surface area contributed by atoms with Gasteiger partial charge >= 0.3 is 0 Å². The lowest BCUT2D eigenvalue weighted by atomic mass is 10.2. The molecular weight excluding hydrogens is 405 g/mol. The molecule has 2 heterocycles. The van der Waals surface area contributed by atoms with Crippen molar-refractivity contribution in [3.63, 3.8) is 0 Å². The smallest absolute Gasteiger partial charge is 0.175 e. The molecule has 0 saturated carbocycles. The first kappa shape index (κ1) is 19.8. The van der Waals surface area contributed by atoms with E-state index >= 15 is 0 Å². The molecule has 0 spiro atoms. The van der Waals surface area contributed by atoms with Gasteiger partial charge in [-0.1, -0.05) is 48.2 Å². The normalized spacial score (nSPS) is 15.8. The Bertz CT molecular complexity index is 1010. The Morgan fingerprint density at radius 3 is 2.72 bits per heavy atom. The number of halogens is 1. The van der Waals surface area contributed by atoms with Gasteiger partial charge in [-0.25, -0.2) is 9.37 Å². The fourth-order valence-corrected chi connectivity index (χ4v) is 4.48. The predicted octanol–water partition coefficient (Wildman–Crippen LogP) is 6.21. The molecule has 1 aliphatic rings. The van der Waals surface area contributed by atoms with E-state index in [-0.39, 0.29) is 11.9 Å². The summed E-state index contributed by atoms with van der Waals surface area (Å²) in [6, 6.07) is 18.6. The number of rotatable bonds is 6. The second-order valence-electron chi connectivity index (χ2n) is 6.53. The summed E-state index contributed by atoms with van der Waals surface area (Å²) in [5, 5.41) is 4.12. The third kappa shape index (κ3) is 5.31. The quantitative estimate of drug-likeness (QED) is 0.476. The molecule has 1 N–H and O–H groups in total. The molecule has 0 amide bonds. The summed E-state index contributed by atoms with van der Waals surface area (Å²) in [6.07, 6.45) is 1.77. The average Bonchev–Trinajstić information content (AvgIpc) is 3.14. The van der Waals surface area contributed by atoms with Crippen molar-refractivity contribution in [2.45, 2.75) is 23.6 Å². The number of aromatic nitrogens is 1. The Hall–Kier alpha value is -2.51. The van der Waals surface area contributed by atoms with Gasteiger partial charge in [0.2, 0.25) is 0 Å². The first-order valence-corrected chi connectivity index (χ1v) is 11.2. The summed E-state index contributed by atoms with van der Waals surface area (Å²) < 4.78 is 20.0. The number of aliphatic imine (C=N–C) groups is 1. The molecule has 0 aliphatic carbocycles. The van der Waals surface area contributed by atoms with Crippen molar-refractivity contribution >= 4 is 34.5 Å². The van der Waals surface area contributed by atoms with E-state index in [0.717, 1.165) is 21.6 Å². The predicted molar refractivity (Wildman–Crippen MR) is 120 cm³/mol. The molecule has 148 valence electrons. The van der Waals surface area contributed by atoms with Crippen molar-refractivity contribution in [1.29, 1.82) is 0 Å². The molecule has 4 rings (SSSR count). The maximum Gasteiger partial charge on any atom is 0.175 e. The minimum Gasteiger partial charge on any atom is -0.453 e. The van der Waals surface area contributed by atoms with Gasteiger partial charge in [0, 0.05) is 22.6 Å². The SMILES string of the molecule is CC1CSC(Nc2ncc(SCc3ccccc3F)cc2Oc2ccccc2)=N1. The number of ether oxygens (including phenoxy) is 1. The first-order valence-electron chi connectivity index (χ1n) is 9.24. The number of pyridine rings is 1. The van der Waals surface area contributed by atoms with Crippen LogP contribution in [0.1, 0.15) is 12.5 Å². The van der Waals surface area contributed by atoms with Gasteiger partial charge in [0.05, 0.1) is 6.04 Å². The first-order chi connectivity index (χ1) is 14.2. The van der Waals surface area contributed by atoms with Gasteiger partial charge in [0.15, 0.2) is 16.7 Å². The van der Waals surface area contributed by atoms with Crippen molar-refractivity contribution in [1.82, 2.24) is 4.98 Å². The summed E-state index contributed by atoms with van der Waals surface area (Å²) in [6.45, 7) is 2.08. The number of anilines is 1. The highest BCUT2D eigenvalue weighted by Crippen LogP contribution is 2.34. The van der Waals surface area contributed by atoms with E-state index in [4.69, 9.17) is 4.74 Å². The number of benzene rings is 2. The topological polar surface area (TPSA) is 46.5 Å². The molecule has 0 saturated heterocycles.